The van der Waals surface area contributed by atoms with E-state index in [-0.39, 0.29) is 6.10 Å². The Morgan fingerprint density at radius 1 is 1.50 bits per heavy atom. The predicted octanol–water partition coefficient (Wildman–Crippen LogP) is 1.34. The van der Waals surface area contributed by atoms with Crippen LogP contribution in [0.3, 0.4) is 0 Å². The van der Waals surface area contributed by atoms with Crippen molar-refractivity contribution in [2.45, 2.75) is 39.3 Å². The number of nitrogens with one attached hydrogen (secondary N) is 1. The number of primary amides is 1. The van der Waals surface area contributed by atoms with Crippen molar-refractivity contribution in [1.82, 2.24) is 5.32 Å². The van der Waals surface area contributed by atoms with Gasteiger partial charge in [0.25, 0.3) is 0 Å². The summed E-state index contributed by atoms with van der Waals surface area (Å²) in [5.41, 5.74) is 7.89. The first-order valence-electron chi connectivity index (χ1n) is 6.32. The highest BCUT2D eigenvalue weighted by Crippen LogP contribution is 2.10. The maximum absolute atomic E-state index is 11.0. The SMILES string of the molecule is CCCC(O)CNCc1ccc(C(N)=O)cc1C. The number of hydrogen-bond donors (Lipinski definition) is 3. The third-order valence-electron chi connectivity index (χ3n) is 2.94. The molecular formula is C14H22N2O2. The molecule has 1 aromatic carbocycles. The average molecular weight is 250 g/mol. The lowest BCUT2D eigenvalue weighted by molar-refractivity contribution is 0.1000. The molecule has 0 aliphatic carbocycles. The van der Waals surface area contributed by atoms with Crippen molar-refractivity contribution < 1.29 is 9.90 Å². The highest BCUT2D eigenvalue weighted by molar-refractivity contribution is 5.93. The highest BCUT2D eigenvalue weighted by Gasteiger charge is 2.05. The number of nitrogens with two attached hydrogens (primary N) is 1. The summed E-state index contributed by atoms with van der Waals surface area (Å²) in [6.45, 7) is 5.28. The molecule has 4 heteroatoms. The molecule has 0 heterocycles. The van der Waals surface area contributed by atoms with Gasteiger partial charge in [0.05, 0.1) is 6.10 Å². The van der Waals surface area contributed by atoms with Crippen molar-refractivity contribution in [3.63, 3.8) is 0 Å². The van der Waals surface area contributed by atoms with Gasteiger partial charge in [0, 0.05) is 18.7 Å². The van der Waals surface area contributed by atoms with Crippen LogP contribution in [0.2, 0.25) is 0 Å². The van der Waals surface area contributed by atoms with E-state index >= 15 is 0 Å². The predicted molar refractivity (Wildman–Crippen MR) is 72.3 cm³/mol. The lowest BCUT2D eigenvalue weighted by atomic mass is 10.0. The van der Waals surface area contributed by atoms with E-state index in [0.717, 1.165) is 24.0 Å². The van der Waals surface area contributed by atoms with Crippen molar-refractivity contribution in [1.29, 1.82) is 0 Å². The van der Waals surface area contributed by atoms with Crippen molar-refractivity contribution >= 4 is 5.91 Å². The molecule has 1 unspecified atom stereocenters. The number of rotatable bonds is 7. The number of aliphatic hydroxyl groups excluding tert-OH is 1. The molecule has 4 nitrogen and oxygen atoms in total. The van der Waals surface area contributed by atoms with Crippen LogP contribution in [-0.4, -0.2) is 23.7 Å². The van der Waals surface area contributed by atoms with Gasteiger partial charge in [0.2, 0.25) is 5.91 Å². The summed E-state index contributed by atoms with van der Waals surface area (Å²) in [5.74, 6) is -0.407. The summed E-state index contributed by atoms with van der Waals surface area (Å²) in [6.07, 6.45) is 1.50. The molecule has 0 aliphatic heterocycles. The van der Waals surface area contributed by atoms with Crippen LogP contribution in [0.15, 0.2) is 18.2 Å². The third kappa shape index (κ3) is 4.47. The molecule has 0 fully saturated rings. The minimum atomic E-state index is -0.407. The van der Waals surface area contributed by atoms with E-state index in [0.29, 0.717) is 18.7 Å². The zero-order chi connectivity index (χ0) is 13.5. The number of carbonyl (C=O) groups is 1. The Kier molecular flexibility index (Phi) is 5.82. The van der Waals surface area contributed by atoms with Gasteiger partial charge < -0.3 is 16.2 Å². The van der Waals surface area contributed by atoms with Gasteiger partial charge in [-0.1, -0.05) is 19.4 Å². The molecule has 1 rings (SSSR count). The monoisotopic (exact) mass is 250 g/mol. The van der Waals surface area contributed by atoms with E-state index in [1.165, 1.54) is 0 Å². The molecule has 0 aliphatic rings. The maximum Gasteiger partial charge on any atom is 0.248 e. The molecule has 1 aromatic rings. The maximum atomic E-state index is 11.0. The fourth-order valence-electron chi connectivity index (χ4n) is 1.86. The topological polar surface area (TPSA) is 75.3 Å². The van der Waals surface area contributed by atoms with Crippen LogP contribution in [-0.2, 0) is 6.54 Å². The van der Waals surface area contributed by atoms with E-state index in [1.807, 2.05) is 13.0 Å². The van der Waals surface area contributed by atoms with Crippen LogP contribution >= 0.6 is 0 Å². The van der Waals surface area contributed by atoms with Crippen LogP contribution in [0.1, 0.15) is 41.3 Å². The van der Waals surface area contributed by atoms with E-state index in [9.17, 15) is 9.90 Å². The average Bonchev–Trinajstić information content (AvgIpc) is 2.31. The number of benzene rings is 1. The fraction of sp³-hybridized carbons (Fsp3) is 0.500. The summed E-state index contributed by atoms with van der Waals surface area (Å²) in [7, 11) is 0. The molecule has 0 saturated carbocycles. The second-order valence-corrected chi connectivity index (χ2v) is 4.58. The number of hydrogen-bond acceptors (Lipinski definition) is 3. The second-order valence-electron chi connectivity index (χ2n) is 4.58. The number of amides is 1. The summed E-state index contributed by atoms with van der Waals surface area (Å²) >= 11 is 0. The largest absolute Gasteiger partial charge is 0.392 e. The number of aryl methyl sites for hydroxylation is 1. The van der Waals surface area contributed by atoms with Gasteiger partial charge >= 0.3 is 0 Å². The fourth-order valence-corrected chi connectivity index (χ4v) is 1.86. The molecule has 18 heavy (non-hydrogen) atoms. The molecule has 1 amide bonds. The van der Waals surface area contributed by atoms with Gasteiger partial charge in [-0.2, -0.15) is 0 Å². The molecule has 0 spiro atoms. The summed E-state index contributed by atoms with van der Waals surface area (Å²) in [5, 5.41) is 12.8. The minimum Gasteiger partial charge on any atom is -0.392 e. The van der Waals surface area contributed by atoms with Crippen molar-refractivity contribution in [3.8, 4) is 0 Å². The zero-order valence-corrected chi connectivity index (χ0v) is 11.1. The molecule has 1 atom stereocenters. The first kappa shape index (κ1) is 14.7. The first-order chi connectivity index (χ1) is 8.54. The molecule has 0 aromatic heterocycles. The van der Waals surface area contributed by atoms with Crippen molar-refractivity contribution in [2.75, 3.05) is 6.54 Å². The number of carbonyl (C=O) groups excluding carboxylic acids is 1. The van der Waals surface area contributed by atoms with Crippen LogP contribution in [0.25, 0.3) is 0 Å². The van der Waals surface area contributed by atoms with Gasteiger partial charge in [-0.3, -0.25) is 4.79 Å². The first-order valence-corrected chi connectivity index (χ1v) is 6.32. The van der Waals surface area contributed by atoms with Crippen LogP contribution in [0, 0.1) is 6.92 Å². The Labute approximate surface area is 108 Å². The molecule has 0 radical (unpaired) electrons. The normalized spacial score (nSPS) is 12.4. The van der Waals surface area contributed by atoms with Crippen LogP contribution in [0.4, 0.5) is 0 Å². The van der Waals surface area contributed by atoms with Gasteiger partial charge in [0.1, 0.15) is 0 Å². The molecule has 4 N–H and O–H groups in total. The smallest absolute Gasteiger partial charge is 0.248 e. The second kappa shape index (κ2) is 7.13. The van der Waals surface area contributed by atoms with Crippen molar-refractivity contribution in [3.05, 3.63) is 34.9 Å². The van der Waals surface area contributed by atoms with E-state index in [2.05, 4.69) is 12.2 Å². The molecular weight excluding hydrogens is 228 g/mol. The Hall–Kier alpha value is -1.39. The van der Waals surface area contributed by atoms with Gasteiger partial charge in [-0.15, -0.1) is 0 Å². The zero-order valence-electron chi connectivity index (χ0n) is 11.1. The van der Waals surface area contributed by atoms with E-state index in [4.69, 9.17) is 5.73 Å². The number of aliphatic hydroxyl groups is 1. The molecule has 0 saturated heterocycles. The van der Waals surface area contributed by atoms with E-state index < -0.39 is 5.91 Å². The Morgan fingerprint density at radius 2 is 2.22 bits per heavy atom. The standard InChI is InChI=1S/C14H22N2O2/c1-3-4-13(17)9-16-8-12-6-5-11(14(15)18)7-10(12)2/h5-7,13,16-17H,3-4,8-9H2,1-2H3,(H2,15,18). The Bertz CT molecular complexity index is 405. The van der Waals surface area contributed by atoms with Gasteiger partial charge in [-0.25, -0.2) is 0 Å². The molecule has 100 valence electrons. The van der Waals surface area contributed by atoms with Gasteiger partial charge in [0.15, 0.2) is 0 Å². The van der Waals surface area contributed by atoms with E-state index in [1.54, 1.807) is 12.1 Å². The van der Waals surface area contributed by atoms with Crippen LogP contribution in [0.5, 0.6) is 0 Å². The summed E-state index contributed by atoms with van der Waals surface area (Å²) < 4.78 is 0. The Balaban J connectivity index is 2.50. The quantitative estimate of drug-likeness (QED) is 0.683. The molecule has 0 bridgehead atoms. The Morgan fingerprint density at radius 3 is 2.78 bits per heavy atom. The summed E-state index contributed by atoms with van der Waals surface area (Å²) in [4.78, 5) is 11.0. The third-order valence-corrected chi connectivity index (χ3v) is 2.94. The minimum absolute atomic E-state index is 0.291. The highest BCUT2D eigenvalue weighted by atomic mass is 16.3. The van der Waals surface area contributed by atoms with Crippen molar-refractivity contribution in [2.24, 2.45) is 5.73 Å². The lowest BCUT2D eigenvalue weighted by Crippen LogP contribution is -2.26. The van der Waals surface area contributed by atoms with Crippen LogP contribution < -0.4 is 11.1 Å². The lowest BCUT2D eigenvalue weighted by Gasteiger charge is -2.12. The van der Waals surface area contributed by atoms with Gasteiger partial charge in [-0.05, 0) is 36.6 Å². The summed E-state index contributed by atoms with van der Waals surface area (Å²) in [6, 6.07) is 5.42.